The Kier molecular flexibility index (Phi) is 6.44. The molecular weight excluding hydrogens is 358 g/mol. The van der Waals surface area contributed by atoms with E-state index < -0.39 is 5.97 Å². The number of nitrogens with one attached hydrogen (secondary N) is 1. The fourth-order valence-electron chi connectivity index (χ4n) is 2.10. The summed E-state index contributed by atoms with van der Waals surface area (Å²) in [5.41, 5.74) is 7.50. The van der Waals surface area contributed by atoms with Crippen LogP contribution in [-0.2, 0) is 15.3 Å². The lowest BCUT2D eigenvalue weighted by Gasteiger charge is -2.06. The molecule has 1 aromatic heterocycles. The molecule has 0 atom stereocenters. The molecule has 130 valence electrons. The van der Waals surface area contributed by atoms with Crippen LogP contribution in [0.15, 0.2) is 29.2 Å². The van der Waals surface area contributed by atoms with E-state index in [0.29, 0.717) is 32.4 Å². The molecule has 2 aromatic rings. The summed E-state index contributed by atoms with van der Waals surface area (Å²) in [6, 6.07) is 9.38. The summed E-state index contributed by atoms with van der Waals surface area (Å²) in [6.45, 7) is 3.44. The maximum atomic E-state index is 12.1. The van der Waals surface area contributed by atoms with Gasteiger partial charge in [0.1, 0.15) is 15.9 Å². The van der Waals surface area contributed by atoms with Crippen molar-refractivity contribution in [2.24, 2.45) is 0 Å². The number of ether oxygens (including phenoxy) is 1. The Morgan fingerprint density at radius 3 is 2.60 bits per heavy atom. The van der Waals surface area contributed by atoms with Crippen molar-refractivity contribution in [3.63, 3.8) is 0 Å². The maximum Gasteiger partial charge on any atom is 0.348 e. The number of nitrogens with zero attached hydrogens (tertiary/aromatic N) is 1. The first kappa shape index (κ1) is 18.8. The van der Waals surface area contributed by atoms with Gasteiger partial charge >= 0.3 is 5.97 Å². The first-order valence-electron chi connectivity index (χ1n) is 7.45. The van der Waals surface area contributed by atoms with E-state index in [-0.39, 0.29) is 12.5 Å². The molecule has 0 saturated carbocycles. The number of nitrogens with two attached hydrogens (primary N) is 1. The topological polar surface area (TPSA) is 105 Å². The summed E-state index contributed by atoms with van der Waals surface area (Å²) in [5.74, 6) is -0.172. The summed E-state index contributed by atoms with van der Waals surface area (Å²) in [5, 5.41) is 12.3. The van der Waals surface area contributed by atoms with Crippen LogP contribution in [0.3, 0.4) is 0 Å². The molecule has 0 radical (unpaired) electrons. The van der Waals surface area contributed by atoms with Crippen molar-refractivity contribution in [3.8, 4) is 6.07 Å². The van der Waals surface area contributed by atoms with Crippen LogP contribution < -0.4 is 11.1 Å². The van der Waals surface area contributed by atoms with E-state index in [1.165, 1.54) is 18.7 Å². The van der Waals surface area contributed by atoms with Gasteiger partial charge in [0.05, 0.1) is 12.2 Å². The first-order chi connectivity index (χ1) is 12.0. The van der Waals surface area contributed by atoms with Gasteiger partial charge in [-0.2, -0.15) is 5.26 Å². The van der Waals surface area contributed by atoms with Gasteiger partial charge in [0.2, 0.25) is 5.91 Å². The molecule has 0 aliphatic heterocycles. The highest BCUT2D eigenvalue weighted by Crippen LogP contribution is 2.35. The van der Waals surface area contributed by atoms with E-state index >= 15 is 0 Å². The molecule has 0 bridgehead atoms. The van der Waals surface area contributed by atoms with Crippen molar-refractivity contribution in [1.29, 1.82) is 5.26 Å². The monoisotopic (exact) mass is 375 g/mol. The summed E-state index contributed by atoms with van der Waals surface area (Å²) < 4.78 is 5.04. The number of hydrogen-bond acceptors (Lipinski definition) is 7. The first-order valence-corrected chi connectivity index (χ1v) is 9.25. The lowest BCUT2D eigenvalue weighted by molar-refractivity contribution is -0.114. The molecular formula is C17H17N3O3S2. The zero-order valence-electron chi connectivity index (χ0n) is 13.8. The minimum absolute atomic E-state index is 0.133. The molecule has 6 nitrogen and oxygen atoms in total. The number of thiophene rings is 1. The third kappa shape index (κ3) is 4.75. The minimum Gasteiger partial charge on any atom is -0.462 e. The minimum atomic E-state index is -0.461. The second kappa shape index (κ2) is 8.55. The third-order valence-electron chi connectivity index (χ3n) is 3.16. The number of benzene rings is 1. The molecule has 0 aliphatic rings. The van der Waals surface area contributed by atoms with Gasteiger partial charge in [-0.15, -0.1) is 23.1 Å². The van der Waals surface area contributed by atoms with Gasteiger partial charge in [0, 0.05) is 28.8 Å². The number of rotatable bonds is 6. The Balaban J connectivity index is 2.18. The third-order valence-corrected chi connectivity index (χ3v) is 5.24. The Hall–Kier alpha value is -2.50. The van der Waals surface area contributed by atoms with Crippen LogP contribution in [0.25, 0.3) is 0 Å². The van der Waals surface area contributed by atoms with Crippen molar-refractivity contribution in [2.75, 3.05) is 17.7 Å². The molecule has 0 fully saturated rings. The number of amides is 1. The van der Waals surface area contributed by atoms with Gasteiger partial charge in [-0.1, -0.05) is 0 Å². The van der Waals surface area contributed by atoms with Crippen molar-refractivity contribution in [1.82, 2.24) is 0 Å². The second-order valence-electron chi connectivity index (χ2n) is 4.98. The summed E-state index contributed by atoms with van der Waals surface area (Å²) in [4.78, 5) is 24.4. The van der Waals surface area contributed by atoms with Gasteiger partial charge in [-0.3, -0.25) is 4.79 Å². The fraction of sp³-hybridized carbons (Fsp3) is 0.235. The largest absolute Gasteiger partial charge is 0.462 e. The second-order valence-corrected chi connectivity index (χ2v) is 7.08. The van der Waals surface area contributed by atoms with E-state index in [9.17, 15) is 14.9 Å². The van der Waals surface area contributed by atoms with E-state index in [4.69, 9.17) is 10.5 Å². The highest BCUT2D eigenvalue weighted by Gasteiger charge is 2.22. The number of carbonyl (C=O) groups excluding carboxylic acids is 2. The Labute approximate surface area is 154 Å². The highest BCUT2D eigenvalue weighted by atomic mass is 32.2. The molecule has 1 amide bonds. The molecule has 25 heavy (non-hydrogen) atoms. The predicted molar refractivity (Wildman–Crippen MR) is 99.7 cm³/mol. The number of thioether (sulfide) groups is 1. The Morgan fingerprint density at radius 1 is 1.36 bits per heavy atom. The number of esters is 1. The van der Waals surface area contributed by atoms with E-state index in [2.05, 4.69) is 11.4 Å². The fourth-order valence-corrected chi connectivity index (χ4v) is 4.05. The molecule has 3 N–H and O–H groups in total. The number of anilines is 2. The number of hydrogen-bond donors (Lipinski definition) is 2. The van der Waals surface area contributed by atoms with Crippen LogP contribution in [0.1, 0.15) is 34.6 Å². The van der Waals surface area contributed by atoms with Crippen molar-refractivity contribution >= 4 is 45.7 Å². The number of carbonyl (C=O) groups is 2. The summed E-state index contributed by atoms with van der Waals surface area (Å²) in [6.07, 6.45) is 0. The predicted octanol–water partition coefficient (Wildman–Crippen LogP) is 3.63. The standard InChI is InChI=1S/C17H17N3O3S2/c1-3-23-17(22)15-14(13(8-18)16(19)25-15)9-24-12-6-4-11(5-7-12)20-10(2)21/h4-7H,3,9,19H2,1-2H3,(H,20,21). The zero-order chi connectivity index (χ0) is 18.4. The lowest BCUT2D eigenvalue weighted by atomic mass is 10.2. The molecule has 0 spiro atoms. The SMILES string of the molecule is CCOC(=O)c1sc(N)c(C#N)c1CSc1ccc(NC(C)=O)cc1. The van der Waals surface area contributed by atoms with Crippen LogP contribution in [0.5, 0.6) is 0 Å². The van der Waals surface area contributed by atoms with Gasteiger partial charge in [-0.25, -0.2) is 4.79 Å². The van der Waals surface area contributed by atoms with Crippen LogP contribution >= 0.6 is 23.1 Å². The zero-order valence-corrected chi connectivity index (χ0v) is 15.4. The smallest absolute Gasteiger partial charge is 0.348 e. The van der Waals surface area contributed by atoms with Crippen LogP contribution in [0.2, 0.25) is 0 Å². The van der Waals surface area contributed by atoms with Gasteiger partial charge in [0.15, 0.2) is 0 Å². The summed E-state index contributed by atoms with van der Waals surface area (Å²) >= 11 is 2.55. The van der Waals surface area contributed by atoms with E-state index in [1.807, 2.05) is 12.1 Å². The van der Waals surface area contributed by atoms with Crippen molar-refractivity contribution < 1.29 is 14.3 Å². The molecule has 0 unspecified atom stereocenters. The quantitative estimate of drug-likeness (QED) is 0.590. The lowest BCUT2D eigenvalue weighted by Crippen LogP contribution is -2.05. The van der Waals surface area contributed by atoms with Crippen LogP contribution in [-0.4, -0.2) is 18.5 Å². The molecule has 0 aliphatic carbocycles. The summed E-state index contributed by atoms with van der Waals surface area (Å²) in [7, 11) is 0. The maximum absolute atomic E-state index is 12.1. The average molecular weight is 375 g/mol. The number of nitrogen functional groups attached to an aromatic ring is 1. The highest BCUT2D eigenvalue weighted by molar-refractivity contribution is 7.98. The molecule has 2 rings (SSSR count). The normalized spacial score (nSPS) is 10.1. The molecule has 1 aromatic carbocycles. The van der Waals surface area contributed by atoms with Crippen LogP contribution in [0.4, 0.5) is 10.7 Å². The van der Waals surface area contributed by atoms with Crippen LogP contribution in [0, 0.1) is 11.3 Å². The van der Waals surface area contributed by atoms with Crippen molar-refractivity contribution in [3.05, 3.63) is 40.3 Å². The molecule has 0 saturated heterocycles. The van der Waals surface area contributed by atoms with E-state index in [0.717, 1.165) is 16.2 Å². The number of nitriles is 1. The Bertz CT molecular complexity index is 823. The Morgan fingerprint density at radius 2 is 2.04 bits per heavy atom. The molecule has 1 heterocycles. The van der Waals surface area contributed by atoms with E-state index in [1.54, 1.807) is 19.1 Å². The molecule has 8 heteroatoms. The van der Waals surface area contributed by atoms with Gasteiger partial charge in [-0.05, 0) is 31.2 Å². The average Bonchev–Trinajstić information content (AvgIpc) is 2.89. The van der Waals surface area contributed by atoms with Crippen molar-refractivity contribution in [2.45, 2.75) is 24.5 Å². The van der Waals surface area contributed by atoms with Gasteiger partial charge < -0.3 is 15.8 Å². The van der Waals surface area contributed by atoms with Gasteiger partial charge in [0.25, 0.3) is 0 Å².